The predicted octanol–water partition coefficient (Wildman–Crippen LogP) is 2.09. The molecule has 2 amide bonds. The van der Waals surface area contributed by atoms with Gasteiger partial charge in [-0.1, -0.05) is 25.0 Å². The highest BCUT2D eigenvalue weighted by atomic mass is 16.3. The maximum absolute atomic E-state index is 12.4. The van der Waals surface area contributed by atoms with Gasteiger partial charge in [-0.25, -0.2) is 0 Å². The third-order valence-electron chi connectivity index (χ3n) is 5.22. The largest absolute Gasteiger partial charge is 0.396 e. The van der Waals surface area contributed by atoms with Crippen LogP contribution in [-0.4, -0.2) is 41.0 Å². The molecule has 0 aromatic heterocycles. The first kappa shape index (κ1) is 17.0. The number of hydrogen-bond donors (Lipinski definition) is 2. The fourth-order valence-electron chi connectivity index (χ4n) is 3.72. The van der Waals surface area contributed by atoms with Gasteiger partial charge in [-0.2, -0.15) is 0 Å². The maximum atomic E-state index is 12.4. The Labute approximate surface area is 143 Å². The summed E-state index contributed by atoms with van der Waals surface area (Å²) >= 11 is 0. The van der Waals surface area contributed by atoms with Crippen LogP contribution in [0, 0.1) is 5.92 Å². The zero-order chi connectivity index (χ0) is 16.9. The molecule has 1 saturated carbocycles. The molecule has 5 heteroatoms. The summed E-state index contributed by atoms with van der Waals surface area (Å²) in [4.78, 5) is 26.0. The summed E-state index contributed by atoms with van der Waals surface area (Å²) in [5.41, 5.74) is 1.68. The van der Waals surface area contributed by atoms with Gasteiger partial charge < -0.3 is 15.3 Å². The number of benzene rings is 1. The summed E-state index contributed by atoms with van der Waals surface area (Å²) in [6, 6.07) is 7.55. The highest BCUT2D eigenvalue weighted by Crippen LogP contribution is 2.24. The molecule has 1 aromatic rings. The number of likely N-dealkylation sites (tertiary alicyclic amines) is 1. The van der Waals surface area contributed by atoms with E-state index in [0.29, 0.717) is 18.5 Å². The summed E-state index contributed by atoms with van der Waals surface area (Å²) in [5, 5.41) is 12.5. The van der Waals surface area contributed by atoms with Gasteiger partial charge in [-0.05, 0) is 37.0 Å². The van der Waals surface area contributed by atoms with E-state index in [4.69, 9.17) is 0 Å². The van der Waals surface area contributed by atoms with Crippen LogP contribution in [0.4, 0.5) is 0 Å². The molecule has 2 aliphatic rings. The normalized spacial score (nSPS) is 24.2. The van der Waals surface area contributed by atoms with Gasteiger partial charge in [-0.15, -0.1) is 0 Å². The van der Waals surface area contributed by atoms with Crippen molar-refractivity contribution in [3.8, 4) is 0 Å². The number of carbonyl (C=O) groups excluding carboxylic acids is 2. The van der Waals surface area contributed by atoms with Crippen molar-refractivity contribution in [3.63, 3.8) is 0 Å². The van der Waals surface area contributed by atoms with E-state index in [9.17, 15) is 14.7 Å². The lowest BCUT2D eigenvalue weighted by Gasteiger charge is -2.30. The highest BCUT2D eigenvalue weighted by molar-refractivity contribution is 5.94. The first-order chi connectivity index (χ1) is 11.7. The van der Waals surface area contributed by atoms with Crippen LogP contribution < -0.4 is 5.32 Å². The van der Waals surface area contributed by atoms with Crippen molar-refractivity contribution in [3.05, 3.63) is 35.4 Å². The van der Waals surface area contributed by atoms with Crippen LogP contribution in [0.25, 0.3) is 0 Å². The van der Waals surface area contributed by atoms with E-state index < -0.39 is 0 Å². The minimum Gasteiger partial charge on any atom is -0.396 e. The summed E-state index contributed by atoms with van der Waals surface area (Å²) < 4.78 is 0. The molecule has 1 saturated heterocycles. The second-order valence-electron chi connectivity index (χ2n) is 6.92. The van der Waals surface area contributed by atoms with Gasteiger partial charge in [0.2, 0.25) is 5.91 Å². The van der Waals surface area contributed by atoms with Crippen molar-refractivity contribution in [1.29, 1.82) is 0 Å². The predicted molar refractivity (Wildman–Crippen MR) is 91.4 cm³/mol. The monoisotopic (exact) mass is 330 g/mol. The number of hydrogen-bond acceptors (Lipinski definition) is 3. The molecule has 2 N–H and O–H groups in total. The molecule has 5 nitrogen and oxygen atoms in total. The number of aliphatic hydroxyl groups is 1. The van der Waals surface area contributed by atoms with Gasteiger partial charge in [0, 0.05) is 43.6 Å². The number of rotatable bonds is 5. The minimum absolute atomic E-state index is 0.0677. The average molecular weight is 330 g/mol. The molecule has 2 fully saturated rings. The van der Waals surface area contributed by atoms with Crippen LogP contribution in [0.15, 0.2) is 24.3 Å². The van der Waals surface area contributed by atoms with Crippen molar-refractivity contribution in [1.82, 2.24) is 10.2 Å². The van der Waals surface area contributed by atoms with Crippen molar-refractivity contribution in [2.75, 3.05) is 13.2 Å². The van der Waals surface area contributed by atoms with Crippen LogP contribution >= 0.6 is 0 Å². The van der Waals surface area contributed by atoms with Crippen molar-refractivity contribution < 1.29 is 14.7 Å². The molecule has 2 unspecified atom stereocenters. The molecule has 2 atom stereocenters. The zero-order valence-corrected chi connectivity index (χ0v) is 14.0. The first-order valence-corrected chi connectivity index (χ1v) is 8.96. The quantitative estimate of drug-likeness (QED) is 0.868. The summed E-state index contributed by atoms with van der Waals surface area (Å²) in [5.74, 6) is 0.302. The van der Waals surface area contributed by atoms with Gasteiger partial charge >= 0.3 is 0 Å². The number of amides is 2. The Balaban J connectivity index is 1.58. The van der Waals surface area contributed by atoms with E-state index >= 15 is 0 Å². The molecule has 130 valence electrons. The Hall–Kier alpha value is -1.88. The second-order valence-corrected chi connectivity index (χ2v) is 6.92. The lowest BCUT2D eigenvalue weighted by molar-refractivity contribution is -0.128. The molecular weight excluding hydrogens is 304 g/mol. The number of nitrogens with one attached hydrogen (secondary N) is 1. The smallest absolute Gasteiger partial charge is 0.251 e. The van der Waals surface area contributed by atoms with Gasteiger partial charge in [0.1, 0.15) is 0 Å². The Kier molecular flexibility index (Phi) is 5.51. The second kappa shape index (κ2) is 7.79. The Morgan fingerprint density at radius 3 is 2.58 bits per heavy atom. The fourth-order valence-corrected chi connectivity index (χ4v) is 3.72. The molecule has 0 bridgehead atoms. The topological polar surface area (TPSA) is 69.6 Å². The summed E-state index contributed by atoms with van der Waals surface area (Å²) in [7, 11) is 0. The summed E-state index contributed by atoms with van der Waals surface area (Å²) in [6.45, 7) is 1.58. The molecule has 0 radical (unpaired) electrons. The van der Waals surface area contributed by atoms with Gasteiger partial charge in [-0.3, -0.25) is 9.59 Å². The average Bonchev–Trinajstić information content (AvgIpc) is 3.01. The van der Waals surface area contributed by atoms with Crippen LogP contribution in [-0.2, 0) is 11.3 Å². The van der Waals surface area contributed by atoms with Crippen molar-refractivity contribution in [2.24, 2.45) is 5.92 Å². The standard InChI is InChI=1S/C19H26N2O3/c22-13-16-4-1-2-5-17(16)20-19(24)15-9-7-14(8-10-15)12-21-11-3-6-18(21)23/h7-10,16-17,22H,1-6,11-13H2,(H,20,24). The van der Waals surface area contributed by atoms with Gasteiger partial charge in [0.15, 0.2) is 0 Å². The van der Waals surface area contributed by atoms with E-state index in [2.05, 4.69) is 5.32 Å². The SMILES string of the molecule is O=C(NC1CCCCC1CO)c1ccc(CN2CCCC2=O)cc1. The molecule has 1 heterocycles. The van der Waals surface area contributed by atoms with Crippen LogP contribution in [0.3, 0.4) is 0 Å². The maximum Gasteiger partial charge on any atom is 0.251 e. The third kappa shape index (κ3) is 3.96. The van der Waals surface area contributed by atoms with Crippen LogP contribution in [0.5, 0.6) is 0 Å². The molecule has 24 heavy (non-hydrogen) atoms. The van der Waals surface area contributed by atoms with Crippen molar-refractivity contribution in [2.45, 2.75) is 51.1 Å². The van der Waals surface area contributed by atoms with E-state index in [1.165, 1.54) is 0 Å². The third-order valence-corrected chi connectivity index (χ3v) is 5.22. The van der Waals surface area contributed by atoms with E-state index in [1.807, 2.05) is 29.2 Å². The molecule has 3 rings (SSSR count). The lowest BCUT2D eigenvalue weighted by atomic mass is 9.85. The first-order valence-electron chi connectivity index (χ1n) is 8.96. The van der Waals surface area contributed by atoms with Gasteiger partial charge in [0.25, 0.3) is 5.91 Å². The highest BCUT2D eigenvalue weighted by Gasteiger charge is 2.26. The molecule has 1 aromatic carbocycles. The Morgan fingerprint density at radius 1 is 1.17 bits per heavy atom. The fraction of sp³-hybridized carbons (Fsp3) is 0.579. The lowest BCUT2D eigenvalue weighted by Crippen LogP contribution is -2.43. The van der Waals surface area contributed by atoms with E-state index in [0.717, 1.165) is 44.2 Å². The molecular formula is C19H26N2O3. The van der Waals surface area contributed by atoms with Gasteiger partial charge in [0.05, 0.1) is 0 Å². The minimum atomic E-state index is -0.0795. The molecule has 1 aliphatic carbocycles. The molecule has 1 aliphatic heterocycles. The number of aliphatic hydroxyl groups excluding tert-OH is 1. The van der Waals surface area contributed by atoms with Crippen molar-refractivity contribution >= 4 is 11.8 Å². The number of carbonyl (C=O) groups is 2. The number of nitrogens with zero attached hydrogens (tertiary/aromatic N) is 1. The Morgan fingerprint density at radius 2 is 1.92 bits per heavy atom. The van der Waals surface area contributed by atoms with E-state index in [1.54, 1.807) is 0 Å². The van der Waals surface area contributed by atoms with E-state index in [-0.39, 0.29) is 30.4 Å². The molecule has 0 spiro atoms. The van der Waals surface area contributed by atoms with Crippen LogP contribution in [0.1, 0.15) is 54.4 Å². The summed E-state index contributed by atoms with van der Waals surface area (Å²) in [6.07, 6.45) is 5.72. The Bertz CT molecular complexity index is 585. The zero-order valence-electron chi connectivity index (χ0n) is 14.0. The van der Waals surface area contributed by atoms with Crippen LogP contribution in [0.2, 0.25) is 0 Å².